The monoisotopic (exact) mass is 528 g/mol. The number of hydrogen-bond donors (Lipinski definition) is 1. The van der Waals surface area contributed by atoms with E-state index in [1.54, 1.807) is 0 Å². The molecule has 1 aliphatic rings. The number of carbonyl (C=O) groups excluding carboxylic acids is 1. The number of nitrogens with one attached hydrogen (secondary N) is 1. The number of benzene rings is 3. The van der Waals surface area contributed by atoms with Gasteiger partial charge < -0.3 is 10.1 Å². The van der Waals surface area contributed by atoms with E-state index >= 15 is 0 Å². The minimum atomic E-state index is -0.523. The summed E-state index contributed by atoms with van der Waals surface area (Å²) >= 11 is 0. The maximum absolute atomic E-state index is 12.1. The van der Waals surface area contributed by atoms with E-state index < -0.39 is 11.7 Å². The highest BCUT2D eigenvalue weighted by Crippen LogP contribution is 2.40. The maximum atomic E-state index is 12.1. The van der Waals surface area contributed by atoms with Crippen LogP contribution in [0.25, 0.3) is 28.5 Å². The van der Waals surface area contributed by atoms with E-state index in [1.165, 1.54) is 33.4 Å². The first-order chi connectivity index (χ1) is 19.3. The third kappa shape index (κ3) is 6.40. The number of amides is 1. The van der Waals surface area contributed by atoms with Gasteiger partial charge in [-0.3, -0.25) is 4.98 Å². The molecular weight excluding hydrogens is 492 g/mol. The maximum Gasteiger partial charge on any atom is 0.407 e. The van der Waals surface area contributed by atoms with Crippen molar-refractivity contribution in [1.29, 1.82) is 0 Å². The summed E-state index contributed by atoms with van der Waals surface area (Å²) in [7, 11) is 0. The van der Waals surface area contributed by atoms with E-state index in [4.69, 9.17) is 9.72 Å². The lowest BCUT2D eigenvalue weighted by Gasteiger charge is -2.23. The van der Waals surface area contributed by atoms with Crippen molar-refractivity contribution in [2.75, 3.05) is 0 Å². The largest absolute Gasteiger partial charge is 0.444 e. The zero-order valence-electron chi connectivity index (χ0n) is 23.7. The van der Waals surface area contributed by atoms with Crippen LogP contribution in [0.1, 0.15) is 61.9 Å². The highest BCUT2D eigenvalue weighted by Gasteiger charge is 2.20. The van der Waals surface area contributed by atoms with Crippen molar-refractivity contribution in [1.82, 2.24) is 10.3 Å². The molecule has 0 saturated carbocycles. The van der Waals surface area contributed by atoms with Crippen LogP contribution >= 0.6 is 0 Å². The molecule has 1 N–H and O–H groups in total. The molecule has 1 aliphatic carbocycles. The number of pyridine rings is 1. The number of carbonyl (C=O) groups is 1. The van der Waals surface area contributed by atoms with Gasteiger partial charge in [-0.05, 0) is 86.1 Å². The first kappa shape index (κ1) is 27.1. The van der Waals surface area contributed by atoms with E-state index in [0.29, 0.717) is 6.54 Å². The van der Waals surface area contributed by atoms with E-state index in [1.807, 2.05) is 33.0 Å². The fourth-order valence-electron chi connectivity index (χ4n) is 5.14. The summed E-state index contributed by atoms with van der Waals surface area (Å²) in [5, 5.41) is 2.86. The summed E-state index contributed by atoms with van der Waals surface area (Å²) < 4.78 is 5.38. The minimum Gasteiger partial charge on any atom is -0.444 e. The summed E-state index contributed by atoms with van der Waals surface area (Å²) in [6.45, 7) is 8.24. The fraction of sp³-hybridized carbons (Fsp3) is 0.222. The molecule has 1 aromatic heterocycles. The Bertz CT molecular complexity index is 1540. The SMILES string of the molecule is CC1=C(c2ccc(CNC(=O)OC(C)(C)C)cc2)C(c2ccccc2)=Cc2c(ccnc2-c2ccccc2)CC1. The molecular formula is C36H36N2O2. The molecule has 202 valence electrons. The van der Waals surface area contributed by atoms with Gasteiger partial charge in [-0.25, -0.2) is 4.79 Å². The Labute approximate surface area is 237 Å². The molecule has 5 rings (SSSR count). The summed E-state index contributed by atoms with van der Waals surface area (Å²) in [6, 6.07) is 31.7. The molecule has 1 heterocycles. The van der Waals surface area contributed by atoms with Crippen LogP contribution in [0.3, 0.4) is 0 Å². The van der Waals surface area contributed by atoms with Crippen LogP contribution in [-0.4, -0.2) is 16.7 Å². The molecule has 3 aromatic carbocycles. The molecule has 0 radical (unpaired) electrons. The van der Waals surface area contributed by atoms with Crippen LogP contribution in [0, 0.1) is 0 Å². The second-order valence-electron chi connectivity index (χ2n) is 11.2. The van der Waals surface area contributed by atoms with Crippen molar-refractivity contribution in [2.24, 2.45) is 0 Å². The summed E-state index contributed by atoms with van der Waals surface area (Å²) in [6.07, 6.45) is 5.75. The second-order valence-corrected chi connectivity index (χ2v) is 11.2. The topological polar surface area (TPSA) is 51.2 Å². The van der Waals surface area contributed by atoms with Gasteiger partial charge in [-0.15, -0.1) is 0 Å². The summed E-state index contributed by atoms with van der Waals surface area (Å²) in [5.41, 5.74) is 11.2. The molecule has 0 unspecified atom stereocenters. The van der Waals surface area contributed by atoms with Gasteiger partial charge in [0.25, 0.3) is 0 Å². The summed E-state index contributed by atoms with van der Waals surface area (Å²) in [5.74, 6) is 0. The van der Waals surface area contributed by atoms with Crippen molar-refractivity contribution in [3.8, 4) is 11.3 Å². The molecule has 0 atom stereocenters. The van der Waals surface area contributed by atoms with Crippen molar-refractivity contribution >= 4 is 23.3 Å². The zero-order chi connectivity index (χ0) is 28.1. The van der Waals surface area contributed by atoms with E-state index in [0.717, 1.165) is 35.2 Å². The fourth-order valence-corrected chi connectivity index (χ4v) is 5.14. The van der Waals surface area contributed by atoms with Crippen LogP contribution in [0.15, 0.2) is 103 Å². The predicted molar refractivity (Wildman–Crippen MR) is 164 cm³/mol. The third-order valence-electron chi connectivity index (χ3n) is 7.04. The van der Waals surface area contributed by atoms with Gasteiger partial charge in [0.2, 0.25) is 0 Å². The van der Waals surface area contributed by atoms with E-state index in [9.17, 15) is 4.79 Å². The number of allylic oxidation sites excluding steroid dienone is 3. The van der Waals surface area contributed by atoms with Gasteiger partial charge >= 0.3 is 6.09 Å². The molecule has 0 aliphatic heterocycles. The number of alkyl carbamates (subject to hydrolysis) is 1. The minimum absolute atomic E-state index is 0.411. The Kier molecular flexibility index (Phi) is 7.97. The molecule has 0 fully saturated rings. The Balaban J connectivity index is 1.55. The Morgan fingerprint density at radius 1 is 0.825 bits per heavy atom. The second kappa shape index (κ2) is 11.7. The highest BCUT2D eigenvalue weighted by atomic mass is 16.6. The first-order valence-corrected chi connectivity index (χ1v) is 13.9. The molecule has 0 saturated heterocycles. The lowest BCUT2D eigenvalue weighted by atomic mass is 9.82. The van der Waals surface area contributed by atoms with Crippen molar-refractivity contribution in [3.05, 3.63) is 131 Å². The van der Waals surface area contributed by atoms with Gasteiger partial charge in [0.05, 0.1) is 5.69 Å². The van der Waals surface area contributed by atoms with Crippen molar-refractivity contribution < 1.29 is 9.53 Å². The molecule has 4 nitrogen and oxygen atoms in total. The number of ether oxygens (including phenoxy) is 1. The van der Waals surface area contributed by atoms with E-state index in [2.05, 4.69) is 103 Å². The standard InChI is InChI=1S/C36H36N2O2/c1-25-15-18-28-21-22-37-34(30-13-9-6-10-14-30)32(28)23-31(27-11-7-5-8-12-27)33(25)29-19-16-26(17-20-29)24-38-35(39)40-36(2,3)4/h5-14,16-17,19-23H,15,18,24H2,1-4H3,(H,38,39). The molecule has 0 bridgehead atoms. The summed E-state index contributed by atoms with van der Waals surface area (Å²) in [4.78, 5) is 17.0. The molecule has 40 heavy (non-hydrogen) atoms. The van der Waals surface area contributed by atoms with E-state index in [-0.39, 0.29) is 0 Å². The zero-order valence-corrected chi connectivity index (χ0v) is 23.7. The van der Waals surface area contributed by atoms with Crippen LogP contribution in [0.4, 0.5) is 4.79 Å². The van der Waals surface area contributed by atoms with Gasteiger partial charge in [0.1, 0.15) is 5.60 Å². The van der Waals surface area contributed by atoms with Crippen molar-refractivity contribution in [3.63, 3.8) is 0 Å². The third-order valence-corrected chi connectivity index (χ3v) is 7.04. The number of aryl methyl sites for hydroxylation is 1. The average molecular weight is 529 g/mol. The van der Waals surface area contributed by atoms with Gasteiger partial charge in [0, 0.05) is 23.9 Å². The van der Waals surface area contributed by atoms with Crippen LogP contribution in [-0.2, 0) is 17.7 Å². The molecule has 1 amide bonds. The lowest BCUT2D eigenvalue weighted by Crippen LogP contribution is -2.32. The number of rotatable bonds is 5. The number of nitrogens with zero attached hydrogens (tertiary/aromatic N) is 1. The van der Waals surface area contributed by atoms with Gasteiger partial charge in [-0.1, -0.05) is 90.5 Å². The van der Waals surface area contributed by atoms with Crippen LogP contribution < -0.4 is 5.32 Å². The molecule has 0 spiro atoms. The smallest absolute Gasteiger partial charge is 0.407 e. The van der Waals surface area contributed by atoms with Crippen LogP contribution in [0.2, 0.25) is 0 Å². The number of aromatic nitrogens is 1. The average Bonchev–Trinajstić information content (AvgIpc) is 2.94. The Hall–Kier alpha value is -4.44. The quantitative estimate of drug-likeness (QED) is 0.282. The Morgan fingerprint density at radius 3 is 2.12 bits per heavy atom. The van der Waals surface area contributed by atoms with Gasteiger partial charge in [0.15, 0.2) is 0 Å². The van der Waals surface area contributed by atoms with Crippen molar-refractivity contribution in [2.45, 2.75) is 52.7 Å². The normalized spacial score (nSPS) is 13.6. The first-order valence-electron chi connectivity index (χ1n) is 13.9. The molecule has 4 aromatic rings. The number of fused-ring (bicyclic) bond motifs is 1. The van der Waals surface area contributed by atoms with Gasteiger partial charge in [-0.2, -0.15) is 0 Å². The Morgan fingerprint density at radius 2 is 1.48 bits per heavy atom. The number of hydrogen-bond acceptors (Lipinski definition) is 3. The lowest BCUT2D eigenvalue weighted by molar-refractivity contribution is 0.0523. The predicted octanol–water partition coefficient (Wildman–Crippen LogP) is 8.73. The molecule has 4 heteroatoms. The van der Waals surface area contributed by atoms with Crippen LogP contribution in [0.5, 0.6) is 0 Å². The highest BCUT2D eigenvalue weighted by molar-refractivity contribution is 6.13.